The van der Waals surface area contributed by atoms with E-state index in [-0.39, 0.29) is 16.7 Å². The first-order chi connectivity index (χ1) is 45.7. The Bertz CT molecular complexity index is 5620. The minimum absolute atomic E-state index is 0.0722. The minimum atomic E-state index is -0.858. The van der Waals surface area contributed by atoms with Crippen LogP contribution in [0.25, 0.3) is 94.3 Å². The van der Waals surface area contributed by atoms with Crippen molar-refractivity contribution >= 4 is 95.3 Å². The molecule has 0 amide bonds. The first-order valence-electron chi connectivity index (χ1n) is 32.9. The highest BCUT2D eigenvalue weighted by Crippen LogP contribution is 2.66. The van der Waals surface area contributed by atoms with Crippen molar-refractivity contribution in [3.63, 3.8) is 0 Å². The lowest BCUT2D eigenvalue weighted by atomic mass is 9.70. The third-order valence-corrected chi connectivity index (χ3v) is 20.3. The third-order valence-electron chi connectivity index (χ3n) is 20.3. The monoisotopic (exact) mass is 1220 g/mol. The molecule has 0 bridgehead atoms. The highest BCUT2D eigenvalue weighted by atomic mass is 16.3. The molecule has 15 aromatic rings. The first-order valence-corrected chi connectivity index (χ1v) is 32.9. The van der Waals surface area contributed by atoms with Crippen molar-refractivity contribution in [2.24, 2.45) is 0 Å². The predicted octanol–water partition coefficient (Wildman–Crippen LogP) is 23.7. The Balaban J connectivity index is 0.935. The number of nitrogens with zero attached hydrogens (tertiary/aromatic N) is 4. The molecule has 1 unspecified atom stereocenters. The van der Waals surface area contributed by atoms with Crippen LogP contribution >= 0.6 is 0 Å². The maximum Gasteiger partial charge on any atom is 0.145 e. The van der Waals surface area contributed by atoms with Crippen LogP contribution in [0.5, 0.6) is 0 Å². The molecule has 7 nitrogen and oxygen atoms in total. The molecule has 7 heteroatoms. The second kappa shape index (κ2) is 20.5. The topological polar surface area (TPSA) is 71.7 Å². The number of para-hydroxylation sites is 4. The normalized spacial score (nSPS) is 14.5. The number of rotatable bonds is 8. The molecule has 5 heterocycles. The van der Waals surface area contributed by atoms with Crippen molar-refractivity contribution in [1.82, 2.24) is 9.97 Å². The number of allylic oxidation sites excluding steroid dienone is 1. The van der Waals surface area contributed by atoms with Crippen LogP contribution in [0.1, 0.15) is 115 Å². The molecule has 0 saturated carbocycles. The van der Waals surface area contributed by atoms with Gasteiger partial charge in [-0.2, -0.15) is 0 Å². The van der Waals surface area contributed by atoms with Gasteiger partial charge in [0, 0.05) is 84.7 Å². The first kappa shape index (κ1) is 55.8. The molecular weight excluding hydrogens is 1150 g/mol. The van der Waals surface area contributed by atoms with Gasteiger partial charge in [-0.05, 0) is 159 Å². The van der Waals surface area contributed by atoms with Gasteiger partial charge in [0.25, 0.3) is 0 Å². The van der Waals surface area contributed by atoms with Crippen molar-refractivity contribution < 1.29 is 13.3 Å². The zero-order valence-electron chi connectivity index (χ0n) is 54.0. The Morgan fingerprint density at radius 1 is 0.426 bits per heavy atom. The molecule has 0 N–H and O–H groups in total. The summed E-state index contributed by atoms with van der Waals surface area (Å²) in [6.45, 7) is 17.9. The molecule has 3 aliphatic carbocycles. The van der Waals surface area contributed by atoms with E-state index in [2.05, 4.69) is 296 Å². The molecule has 0 saturated heterocycles. The van der Waals surface area contributed by atoms with Gasteiger partial charge in [-0.15, -0.1) is 0 Å². The van der Waals surface area contributed by atoms with E-state index in [1.165, 1.54) is 33.4 Å². The largest absolute Gasteiger partial charge is 0.460 e. The van der Waals surface area contributed by atoms with Crippen LogP contribution in [0.4, 0.5) is 34.4 Å². The van der Waals surface area contributed by atoms with E-state index in [1.54, 1.807) is 0 Å². The molecule has 94 heavy (non-hydrogen) atoms. The zero-order chi connectivity index (χ0) is 63.5. The number of hydrogen-bond acceptors (Lipinski definition) is 7. The van der Waals surface area contributed by atoms with Gasteiger partial charge in [0.2, 0.25) is 0 Å². The summed E-state index contributed by atoms with van der Waals surface area (Å²) < 4.78 is 21.4. The lowest BCUT2D eigenvalue weighted by Crippen LogP contribution is -2.27. The fourth-order valence-electron chi connectivity index (χ4n) is 15.9. The lowest BCUT2D eigenvalue weighted by molar-refractivity contribution is 0.516. The van der Waals surface area contributed by atoms with Crippen molar-refractivity contribution in [3.05, 3.63) is 304 Å². The van der Waals surface area contributed by atoms with Gasteiger partial charge in [0.05, 0.1) is 16.5 Å². The maximum absolute atomic E-state index is 7.59. The van der Waals surface area contributed by atoms with Crippen molar-refractivity contribution in [2.45, 2.75) is 84.0 Å². The summed E-state index contributed by atoms with van der Waals surface area (Å²) >= 11 is 0. The van der Waals surface area contributed by atoms with E-state index < -0.39 is 5.41 Å². The molecule has 3 aliphatic rings. The summed E-state index contributed by atoms with van der Waals surface area (Å²) in [4.78, 5) is 16.0. The predicted molar refractivity (Wildman–Crippen MR) is 386 cm³/mol. The molecule has 18 rings (SSSR count). The van der Waals surface area contributed by atoms with E-state index in [1.807, 2.05) is 18.5 Å². The standard InChI is InChI=1S/C87H68N4O3/c1-51-45-68(64-28-19-26-62-60-23-11-16-32-75(60)92-80(62)64)83(88-49-51)90(55-39-35-53(36-40-55)85(3,4)5)57-43-44-66-72(47-57)87(70-30-14-9-21-58(70)59-22-10-15-31-71(59)87)73-48-74(79-67-25-13-18-34-77(67)94-82(79)78(66)73)91(56-41-37-54(38-42-56)86(6,7)8)84-69(46-52(2)50-89-84)65-29-20-27-63-61-24-12-17-33-76(61)93-81(63)65/h9-28,30-50,65H,29H2,1-8H3. The molecule has 1 atom stereocenters. The fraction of sp³-hybridized carbons (Fsp3) is 0.149. The zero-order valence-corrected chi connectivity index (χ0v) is 54.0. The number of benzene rings is 10. The highest BCUT2D eigenvalue weighted by Gasteiger charge is 2.54. The van der Waals surface area contributed by atoms with E-state index in [9.17, 15) is 0 Å². The number of anilines is 6. The number of aromatic nitrogens is 2. The van der Waals surface area contributed by atoms with Crippen LogP contribution in [-0.4, -0.2) is 9.97 Å². The summed E-state index contributed by atoms with van der Waals surface area (Å²) in [7, 11) is 0. The molecule has 454 valence electrons. The lowest BCUT2D eigenvalue weighted by Gasteiger charge is -2.34. The van der Waals surface area contributed by atoms with Crippen molar-refractivity contribution in [3.8, 4) is 33.4 Å². The van der Waals surface area contributed by atoms with Gasteiger partial charge in [-0.3, -0.25) is 9.80 Å². The molecule has 0 radical (unpaired) electrons. The highest BCUT2D eigenvalue weighted by molar-refractivity contribution is 6.20. The molecule has 10 aromatic carbocycles. The summed E-state index contributed by atoms with van der Waals surface area (Å²) in [6, 6.07) is 82.5. The van der Waals surface area contributed by atoms with Gasteiger partial charge >= 0.3 is 0 Å². The minimum Gasteiger partial charge on any atom is -0.460 e. The smallest absolute Gasteiger partial charge is 0.145 e. The number of fused-ring (bicyclic) bond motifs is 20. The second-order valence-corrected chi connectivity index (χ2v) is 28.1. The SMILES string of the molecule is Cc1cnc(N(c2ccc(C(C)(C)C)cc2)c2ccc3c(c2)C2(c4ccccc4-c4ccccc42)c2cc(N(c4ccc(C(C)(C)C)cc4)c4ncc(C)cc4C4CC=Cc5c4oc4ccccc54)c4c(oc5ccccc54)c2-3)c(-c2cccc3c2oc2ccccc23)c1. The second-order valence-electron chi connectivity index (χ2n) is 28.1. The summed E-state index contributed by atoms with van der Waals surface area (Å²) in [5.74, 6) is 2.44. The van der Waals surface area contributed by atoms with E-state index in [4.69, 9.17) is 23.2 Å². The van der Waals surface area contributed by atoms with Crippen LogP contribution in [0.3, 0.4) is 0 Å². The van der Waals surface area contributed by atoms with Gasteiger partial charge in [-0.1, -0.05) is 211 Å². The Morgan fingerprint density at radius 2 is 0.968 bits per heavy atom. The Hall–Kier alpha value is -11.0. The van der Waals surface area contributed by atoms with Crippen LogP contribution in [0, 0.1) is 13.8 Å². The van der Waals surface area contributed by atoms with E-state index in [0.29, 0.717) is 0 Å². The Morgan fingerprint density at radius 3 is 1.65 bits per heavy atom. The summed E-state index contributed by atoms with van der Waals surface area (Å²) in [6.07, 6.45) is 9.33. The van der Waals surface area contributed by atoms with Gasteiger partial charge < -0.3 is 13.3 Å². The average molecular weight is 1220 g/mol. The van der Waals surface area contributed by atoms with Crippen LogP contribution in [0.2, 0.25) is 0 Å². The fourth-order valence-corrected chi connectivity index (χ4v) is 15.9. The maximum atomic E-state index is 7.59. The summed E-state index contributed by atoms with van der Waals surface area (Å²) in [5.41, 5.74) is 25.1. The van der Waals surface area contributed by atoms with Crippen LogP contribution in [0.15, 0.2) is 256 Å². The average Bonchev–Trinajstić information content (AvgIpc) is 1.49. The molecule has 5 aromatic heterocycles. The molecule has 0 fully saturated rings. The summed E-state index contributed by atoms with van der Waals surface area (Å²) in [5, 5.41) is 5.29. The van der Waals surface area contributed by atoms with E-state index >= 15 is 0 Å². The van der Waals surface area contributed by atoms with E-state index in [0.717, 1.165) is 157 Å². The molecule has 0 aliphatic heterocycles. The number of aryl methyl sites for hydroxylation is 2. The number of pyridine rings is 2. The van der Waals surface area contributed by atoms with Gasteiger partial charge in [0.15, 0.2) is 0 Å². The van der Waals surface area contributed by atoms with Gasteiger partial charge in [-0.25, -0.2) is 9.97 Å². The van der Waals surface area contributed by atoms with Crippen molar-refractivity contribution in [1.29, 1.82) is 0 Å². The van der Waals surface area contributed by atoms with Crippen LogP contribution < -0.4 is 9.80 Å². The molecular formula is C87H68N4O3. The van der Waals surface area contributed by atoms with Crippen LogP contribution in [-0.2, 0) is 16.2 Å². The van der Waals surface area contributed by atoms with Crippen molar-refractivity contribution in [2.75, 3.05) is 9.80 Å². The number of furan rings is 3. The Kier molecular flexibility index (Phi) is 12.2. The quantitative estimate of drug-likeness (QED) is 0.150. The Labute approximate surface area is 546 Å². The van der Waals surface area contributed by atoms with Gasteiger partial charge in [0.1, 0.15) is 45.3 Å². The number of hydrogen-bond donors (Lipinski definition) is 0. The third kappa shape index (κ3) is 8.22. The molecule has 1 spiro atoms.